The SMILES string of the molecule is CC(Cl)(C(=O)c1cccc([N+](=O)[O-])c1)S(C)(=O)=O. The number of nitrogens with zero attached hydrogens (tertiary/aromatic N) is 1. The van der Waals surface area contributed by atoms with E-state index in [0.29, 0.717) is 0 Å². The van der Waals surface area contributed by atoms with Gasteiger partial charge in [-0.2, -0.15) is 0 Å². The smallest absolute Gasteiger partial charge is 0.270 e. The van der Waals surface area contributed by atoms with Gasteiger partial charge in [0.2, 0.25) is 4.21 Å². The van der Waals surface area contributed by atoms with Crippen LogP contribution in [-0.2, 0) is 9.84 Å². The molecule has 0 heterocycles. The minimum absolute atomic E-state index is 0.118. The molecule has 0 radical (unpaired) electrons. The highest BCUT2D eigenvalue weighted by molar-refractivity contribution is 7.94. The van der Waals surface area contributed by atoms with Gasteiger partial charge in [-0.15, -0.1) is 0 Å². The predicted octanol–water partition coefficient (Wildman–Crippen LogP) is 1.78. The fraction of sp³-hybridized carbons (Fsp3) is 0.300. The van der Waals surface area contributed by atoms with Crippen LogP contribution in [0.2, 0.25) is 0 Å². The van der Waals surface area contributed by atoms with Crippen molar-refractivity contribution in [1.29, 1.82) is 0 Å². The molecule has 0 aliphatic rings. The van der Waals surface area contributed by atoms with Gasteiger partial charge < -0.3 is 0 Å². The average Bonchev–Trinajstić information content (AvgIpc) is 2.26. The minimum Gasteiger partial charge on any atom is -0.291 e. The molecular weight excluding hydrogens is 282 g/mol. The second-order valence-electron chi connectivity index (χ2n) is 3.83. The predicted molar refractivity (Wildman–Crippen MR) is 66.5 cm³/mol. The Balaban J connectivity index is 3.28. The van der Waals surface area contributed by atoms with Gasteiger partial charge in [-0.3, -0.25) is 14.9 Å². The average molecular weight is 292 g/mol. The van der Waals surface area contributed by atoms with Crippen LogP contribution in [0.4, 0.5) is 5.69 Å². The lowest BCUT2D eigenvalue weighted by molar-refractivity contribution is -0.384. The molecule has 0 saturated carbocycles. The van der Waals surface area contributed by atoms with Crippen molar-refractivity contribution >= 4 is 32.9 Å². The number of Topliss-reactive ketones (excluding diaryl/α,β-unsaturated/α-hetero) is 1. The Morgan fingerprint density at radius 2 is 2.00 bits per heavy atom. The standard InChI is InChI=1S/C10H10ClNO5S/c1-10(11,18(2,16)17)9(13)7-4-3-5-8(6-7)12(14)15/h3-6H,1-2H3. The van der Waals surface area contributed by atoms with E-state index in [1.165, 1.54) is 18.2 Å². The molecule has 0 fully saturated rings. The van der Waals surface area contributed by atoms with E-state index in [9.17, 15) is 23.3 Å². The van der Waals surface area contributed by atoms with E-state index in [4.69, 9.17) is 11.6 Å². The van der Waals surface area contributed by atoms with Crippen LogP contribution in [0.25, 0.3) is 0 Å². The van der Waals surface area contributed by atoms with Crippen LogP contribution < -0.4 is 0 Å². The summed E-state index contributed by atoms with van der Waals surface area (Å²) in [6.07, 6.45) is 0.829. The largest absolute Gasteiger partial charge is 0.291 e. The molecule has 8 heteroatoms. The Labute approximate surface area is 109 Å². The number of carbonyl (C=O) groups is 1. The molecule has 0 aliphatic heterocycles. The first-order chi connectivity index (χ1) is 8.07. The van der Waals surface area contributed by atoms with Gasteiger partial charge in [0.05, 0.1) is 4.92 Å². The lowest BCUT2D eigenvalue weighted by Gasteiger charge is -2.18. The molecule has 0 N–H and O–H groups in total. The molecule has 18 heavy (non-hydrogen) atoms. The van der Waals surface area contributed by atoms with Crippen LogP contribution in [0.1, 0.15) is 17.3 Å². The van der Waals surface area contributed by atoms with E-state index in [1.54, 1.807) is 0 Å². The summed E-state index contributed by atoms with van der Waals surface area (Å²) in [6.45, 7) is 1.05. The maximum atomic E-state index is 12.0. The first-order valence-corrected chi connectivity index (χ1v) is 7.02. The van der Waals surface area contributed by atoms with E-state index < -0.39 is 24.8 Å². The third-order valence-electron chi connectivity index (χ3n) is 2.42. The topological polar surface area (TPSA) is 94.3 Å². The van der Waals surface area contributed by atoms with E-state index in [0.717, 1.165) is 19.2 Å². The third kappa shape index (κ3) is 2.68. The zero-order valence-corrected chi connectivity index (χ0v) is 11.2. The number of ketones is 1. The number of nitro benzene ring substituents is 1. The van der Waals surface area contributed by atoms with Crippen molar-refractivity contribution in [2.45, 2.75) is 11.1 Å². The van der Waals surface area contributed by atoms with Gasteiger partial charge in [-0.1, -0.05) is 23.7 Å². The number of halogens is 1. The highest BCUT2D eigenvalue weighted by Crippen LogP contribution is 2.27. The number of non-ortho nitro benzene ring substituents is 1. The van der Waals surface area contributed by atoms with E-state index in [1.807, 2.05) is 0 Å². The number of rotatable bonds is 4. The Morgan fingerprint density at radius 3 is 2.44 bits per heavy atom. The van der Waals surface area contributed by atoms with Crippen molar-refractivity contribution in [1.82, 2.24) is 0 Å². The zero-order valence-electron chi connectivity index (χ0n) is 9.58. The number of hydrogen-bond donors (Lipinski definition) is 0. The number of carbonyl (C=O) groups excluding carboxylic acids is 1. The maximum Gasteiger partial charge on any atom is 0.270 e. The molecule has 1 atom stereocenters. The molecule has 0 saturated heterocycles. The fourth-order valence-corrected chi connectivity index (χ4v) is 1.75. The Hall–Kier alpha value is -1.47. The van der Waals surface area contributed by atoms with Crippen LogP contribution in [0, 0.1) is 10.1 Å². The maximum absolute atomic E-state index is 12.0. The van der Waals surface area contributed by atoms with Crippen LogP contribution in [-0.4, -0.2) is 29.6 Å². The Kier molecular flexibility index (Phi) is 3.78. The van der Waals surface area contributed by atoms with Crippen LogP contribution in [0.15, 0.2) is 24.3 Å². The van der Waals surface area contributed by atoms with Gasteiger partial charge in [0, 0.05) is 24.0 Å². The summed E-state index contributed by atoms with van der Waals surface area (Å²) in [5.41, 5.74) is -0.422. The lowest BCUT2D eigenvalue weighted by atomic mass is 10.1. The molecular formula is C10H10ClNO5S. The van der Waals surface area contributed by atoms with Gasteiger partial charge in [0.15, 0.2) is 15.6 Å². The second kappa shape index (κ2) is 4.66. The summed E-state index contributed by atoms with van der Waals surface area (Å²) >= 11 is 5.72. The van der Waals surface area contributed by atoms with Crippen LogP contribution in [0.3, 0.4) is 0 Å². The molecule has 6 nitrogen and oxygen atoms in total. The summed E-state index contributed by atoms with van der Waals surface area (Å²) in [7, 11) is -3.84. The van der Waals surface area contributed by atoms with Crippen molar-refractivity contribution in [2.24, 2.45) is 0 Å². The summed E-state index contributed by atoms with van der Waals surface area (Å²) in [4.78, 5) is 21.8. The second-order valence-corrected chi connectivity index (χ2v) is 7.17. The van der Waals surface area contributed by atoms with Gasteiger partial charge in [0.25, 0.3) is 5.69 Å². The number of alkyl halides is 1. The Bertz CT molecular complexity index is 608. The van der Waals surface area contributed by atoms with E-state index >= 15 is 0 Å². The quantitative estimate of drug-likeness (QED) is 0.365. The van der Waals surface area contributed by atoms with Crippen molar-refractivity contribution in [3.8, 4) is 0 Å². The van der Waals surface area contributed by atoms with E-state index in [-0.39, 0.29) is 11.3 Å². The Morgan fingerprint density at radius 1 is 1.44 bits per heavy atom. The molecule has 0 bridgehead atoms. The molecule has 0 amide bonds. The van der Waals surface area contributed by atoms with Crippen molar-refractivity contribution < 1.29 is 18.1 Å². The zero-order chi connectivity index (χ0) is 14.1. The highest BCUT2D eigenvalue weighted by Gasteiger charge is 2.42. The number of hydrogen-bond acceptors (Lipinski definition) is 5. The normalized spacial score (nSPS) is 14.8. The van der Waals surface area contributed by atoms with Gasteiger partial charge in [0.1, 0.15) is 0 Å². The summed E-state index contributed by atoms with van der Waals surface area (Å²) in [5.74, 6) is -0.893. The van der Waals surface area contributed by atoms with Crippen molar-refractivity contribution in [2.75, 3.05) is 6.26 Å². The monoisotopic (exact) mass is 291 g/mol. The molecule has 0 spiro atoms. The van der Waals surface area contributed by atoms with Crippen molar-refractivity contribution in [3.05, 3.63) is 39.9 Å². The van der Waals surface area contributed by atoms with Gasteiger partial charge >= 0.3 is 0 Å². The number of sulfone groups is 1. The fourth-order valence-electron chi connectivity index (χ4n) is 1.19. The first kappa shape index (κ1) is 14.6. The molecule has 0 aromatic heterocycles. The number of benzene rings is 1. The molecule has 1 unspecified atom stereocenters. The summed E-state index contributed by atoms with van der Waals surface area (Å²) in [5, 5.41) is 10.6. The minimum atomic E-state index is -3.84. The molecule has 98 valence electrons. The third-order valence-corrected chi connectivity index (χ3v) is 5.01. The number of nitro groups is 1. The first-order valence-electron chi connectivity index (χ1n) is 4.75. The van der Waals surface area contributed by atoms with Gasteiger partial charge in [-0.25, -0.2) is 8.42 Å². The van der Waals surface area contributed by atoms with Crippen LogP contribution >= 0.6 is 11.6 Å². The molecule has 1 aromatic carbocycles. The lowest BCUT2D eigenvalue weighted by Crippen LogP contribution is -2.37. The summed E-state index contributed by atoms with van der Waals surface area (Å²) < 4.78 is 20.7. The van der Waals surface area contributed by atoms with E-state index in [2.05, 4.69) is 0 Å². The summed E-state index contributed by atoms with van der Waals surface area (Å²) in [6, 6.07) is 4.76. The molecule has 1 aromatic rings. The molecule has 0 aliphatic carbocycles. The van der Waals surface area contributed by atoms with Crippen molar-refractivity contribution in [3.63, 3.8) is 0 Å². The molecule has 1 rings (SSSR count). The van der Waals surface area contributed by atoms with Crippen LogP contribution in [0.5, 0.6) is 0 Å². The van der Waals surface area contributed by atoms with Gasteiger partial charge in [-0.05, 0) is 6.92 Å². The highest BCUT2D eigenvalue weighted by atomic mass is 35.5.